The number of carbonyl (C=O) groups is 3. The highest BCUT2D eigenvalue weighted by Crippen LogP contribution is 2.36. The fourth-order valence-corrected chi connectivity index (χ4v) is 3.71. The van der Waals surface area contributed by atoms with Gasteiger partial charge in [0.1, 0.15) is 11.4 Å². The Balaban J connectivity index is 2.05. The number of nitrogens with one attached hydrogen (secondary N) is 1. The standard InChI is InChI=1S/C22H20FIN2O5/c1-4-30-18-11-13(10-16(24)19(18)31-12(2)3)9-14-20(27)25-22(29)26(21(14)28)17-8-6-5-7-15(17)23/h5-12H,4H2,1-3H3,(H,25,27,29)/b14-9-. The highest BCUT2D eigenvalue weighted by Gasteiger charge is 2.38. The van der Waals surface area contributed by atoms with Gasteiger partial charge in [-0.25, -0.2) is 14.1 Å². The second-order valence-corrected chi connectivity index (χ2v) is 8.00. The first-order chi connectivity index (χ1) is 14.7. The Labute approximate surface area is 192 Å². The number of hydrogen-bond acceptors (Lipinski definition) is 5. The van der Waals surface area contributed by atoms with E-state index in [1.165, 1.54) is 24.3 Å². The lowest BCUT2D eigenvalue weighted by atomic mass is 10.1. The second-order valence-electron chi connectivity index (χ2n) is 6.84. The Bertz CT molecular complexity index is 1080. The number of nitrogens with zero attached hydrogens (tertiary/aromatic N) is 1. The zero-order chi connectivity index (χ0) is 22.7. The number of benzene rings is 2. The van der Waals surface area contributed by atoms with Crippen LogP contribution in [0.1, 0.15) is 26.3 Å². The Morgan fingerprint density at radius 1 is 1.19 bits per heavy atom. The van der Waals surface area contributed by atoms with Gasteiger partial charge in [0.15, 0.2) is 11.5 Å². The highest BCUT2D eigenvalue weighted by molar-refractivity contribution is 14.1. The number of halogens is 2. The van der Waals surface area contributed by atoms with E-state index in [-0.39, 0.29) is 17.4 Å². The maximum absolute atomic E-state index is 14.2. The van der Waals surface area contributed by atoms with Crippen molar-refractivity contribution in [3.8, 4) is 11.5 Å². The van der Waals surface area contributed by atoms with Gasteiger partial charge in [-0.3, -0.25) is 14.9 Å². The number of para-hydroxylation sites is 1. The Hall–Kier alpha value is -2.95. The molecule has 31 heavy (non-hydrogen) atoms. The molecule has 1 heterocycles. The van der Waals surface area contributed by atoms with Crippen LogP contribution in [-0.2, 0) is 9.59 Å². The number of amides is 4. The summed E-state index contributed by atoms with van der Waals surface area (Å²) in [5.41, 5.74) is -0.0578. The maximum atomic E-state index is 14.2. The molecule has 1 saturated heterocycles. The zero-order valence-electron chi connectivity index (χ0n) is 17.1. The van der Waals surface area contributed by atoms with E-state index in [4.69, 9.17) is 9.47 Å². The van der Waals surface area contributed by atoms with Gasteiger partial charge in [0, 0.05) is 0 Å². The molecule has 7 nitrogen and oxygen atoms in total. The number of barbiturate groups is 1. The predicted octanol–water partition coefficient (Wildman–Crippen LogP) is 4.28. The van der Waals surface area contributed by atoms with E-state index in [0.29, 0.717) is 28.6 Å². The van der Waals surface area contributed by atoms with E-state index < -0.39 is 23.7 Å². The minimum Gasteiger partial charge on any atom is -0.490 e. The molecule has 3 rings (SSSR count). The monoisotopic (exact) mass is 538 g/mol. The summed E-state index contributed by atoms with van der Waals surface area (Å²) in [5, 5.41) is 2.08. The van der Waals surface area contributed by atoms with Gasteiger partial charge in [0.05, 0.1) is 22.0 Å². The Morgan fingerprint density at radius 2 is 1.90 bits per heavy atom. The lowest BCUT2D eigenvalue weighted by Gasteiger charge is -2.26. The topological polar surface area (TPSA) is 84.9 Å². The number of hydrogen-bond donors (Lipinski definition) is 1. The third kappa shape index (κ3) is 4.87. The van der Waals surface area contributed by atoms with Gasteiger partial charge in [-0.2, -0.15) is 0 Å². The van der Waals surface area contributed by atoms with Crippen molar-refractivity contribution in [1.29, 1.82) is 0 Å². The fourth-order valence-electron chi connectivity index (χ4n) is 2.96. The number of anilines is 1. The van der Waals surface area contributed by atoms with Gasteiger partial charge in [-0.1, -0.05) is 12.1 Å². The zero-order valence-corrected chi connectivity index (χ0v) is 19.2. The van der Waals surface area contributed by atoms with Gasteiger partial charge in [0.2, 0.25) is 0 Å². The molecule has 0 saturated carbocycles. The van der Waals surface area contributed by atoms with E-state index in [2.05, 4.69) is 27.9 Å². The minimum absolute atomic E-state index is 0.0806. The smallest absolute Gasteiger partial charge is 0.336 e. The molecule has 0 bridgehead atoms. The maximum Gasteiger partial charge on any atom is 0.336 e. The van der Waals surface area contributed by atoms with Crippen LogP contribution in [0.4, 0.5) is 14.9 Å². The number of carbonyl (C=O) groups excluding carboxylic acids is 3. The van der Waals surface area contributed by atoms with E-state index in [1.54, 1.807) is 12.1 Å². The van der Waals surface area contributed by atoms with Crippen LogP contribution in [0.3, 0.4) is 0 Å². The van der Waals surface area contributed by atoms with Crippen molar-refractivity contribution in [2.45, 2.75) is 26.9 Å². The number of imide groups is 2. The molecule has 9 heteroatoms. The Kier molecular flexibility index (Phi) is 6.94. The summed E-state index contributed by atoms with van der Waals surface area (Å²) in [6.45, 7) is 5.99. The first kappa shape index (κ1) is 22.7. The average Bonchev–Trinajstić information content (AvgIpc) is 2.69. The minimum atomic E-state index is -1.01. The van der Waals surface area contributed by atoms with Crippen molar-refractivity contribution in [3.63, 3.8) is 0 Å². The van der Waals surface area contributed by atoms with Crippen LogP contribution in [0.5, 0.6) is 11.5 Å². The van der Waals surface area contributed by atoms with Crippen LogP contribution in [0.2, 0.25) is 0 Å². The summed E-state index contributed by atoms with van der Waals surface area (Å²) in [6, 6.07) is 7.68. The second kappa shape index (κ2) is 9.46. The molecular formula is C22H20FIN2O5. The summed E-state index contributed by atoms with van der Waals surface area (Å²) in [5.74, 6) is -1.53. The van der Waals surface area contributed by atoms with Crippen molar-refractivity contribution in [3.05, 3.63) is 56.9 Å². The molecule has 162 valence electrons. The molecular weight excluding hydrogens is 518 g/mol. The lowest BCUT2D eigenvalue weighted by Crippen LogP contribution is -2.54. The van der Waals surface area contributed by atoms with E-state index in [9.17, 15) is 18.8 Å². The van der Waals surface area contributed by atoms with Crippen molar-refractivity contribution >= 4 is 52.2 Å². The molecule has 0 atom stereocenters. The van der Waals surface area contributed by atoms with E-state index >= 15 is 0 Å². The van der Waals surface area contributed by atoms with Crippen molar-refractivity contribution in [2.75, 3.05) is 11.5 Å². The molecule has 0 aliphatic carbocycles. The van der Waals surface area contributed by atoms with Crippen molar-refractivity contribution in [2.24, 2.45) is 0 Å². The Morgan fingerprint density at radius 3 is 2.55 bits per heavy atom. The highest BCUT2D eigenvalue weighted by atomic mass is 127. The quantitative estimate of drug-likeness (QED) is 0.337. The molecule has 1 aliphatic rings. The van der Waals surface area contributed by atoms with E-state index in [0.717, 1.165) is 9.64 Å². The molecule has 1 aliphatic heterocycles. The number of rotatable bonds is 6. The largest absolute Gasteiger partial charge is 0.490 e. The van der Waals surface area contributed by atoms with Crippen LogP contribution in [0.25, 0.3) is 6.08 Å². The van der Waals surface area contributed by atoms with Gasteiger partial charge >= 0.3 is 6.03 Å². The van der Waals surface area contributed by atoms with Crippen LogP contribution >= 0.6 is 22.6 Å². The number of urea groups is 1. The first-order valence-electron chi connectivity index (χ1n) is 9.51. The van der Waals surface area contributed by atoms with Gasteiger partial charge in [-0.15, -0.1) is 0 Å². The first-order valence-corrected chi connectivity index (χ1v) is 10.6. The summed E-state index contributed by atoms with van der Waals surface area (Å²) >= 11 is 2.08. The van der Waals surface area contributed by atoms with Crippen molar-refractivity contribution < 1.29 is 28.2 Å². The van der Waals surface area contributed by atoms with Crippen LogP contribution < -0.4 is 19.7 Å². The molecule has 4 amide bonds. The third-order valence-corrected chi connectivity index (χ3v) is 4.99. The SMILES string of the molecule is CCOc1cc(/C=C2/C(=O)NC(=O)N(c3ccccc3F)C2=O)cc(I)c1OC(C)C. The molecule has 2 aromatic rings. The van der Waals surface area contributed by atoms with Crippen LogP contribution in [0, 0.1) is 9.39 Å². The average molecular weight is 538 g/mol. The summed E-state index contributed by atoms with van der Waals surface area (Å²) in [4.78, 5) is 38.2. The predicted molar refractivity (Wildman–Crippen MR) is 121 cm³/mol. The molecule has 0 spiro atoms. The fraction of sp³-hybridized carbons (Fsp3) is 0.227. The molecule has 1 fully saturated rings. The molecule has 0 unspecified atom stereocenters. The van der Waals surface area contributed by atoms with Crippen LogP contribution in [0.15, 0.2) is 42.0 Å². The summed E-state index contributed by atoms with van der Waals surface area (Å²) in [7, 11) is 0. The normalized spacial score (nSPS) is 15.5. The van der Waals surface area contributed by atoms with Crippen molar-refractivity contribution in [1.82, 2.24) is 5.32 Å². The third-order valence-electron chi connectivity index (χ3n) is 4.19. The van der Waals surface area contributed by atoms with Gasteiger partial charge in [0.25, 0.3) is 11.8 Å². The van der Waals surface area contributed by atoms with Gasteiger partial charge < -0.3 is 9.47 Å². The molecule has 1 N–H and O–H groups in total. The molecule has 0 radical (unpaired) electrons. The lowest BCUT2D eigenvalue weighted by molar-refractivity contribution is -0.122. The number of ether oxygens (including phenoxy) is 2. The summed E-state index contributed by atoms with van der Waals surface area (Å²) < 4.78 is 26.4. The van der Waals surface area contributed by atoms with E-state index in [1.807, 2.05) is 20.8 Å². The molecule has 2 aromatic carbocycles. The van der Waals surface area contributed by atoms with Gasteiger partial charge in [-0.05, 0) is 79.3 Å². The summed E-state index contributed by atoms with van der Waals surface area (Å²) in [6.07, 6.45) is 1.25. The van der Waals surface area contributed by atoms with Crippen LogP contribution in [-0.4, -0.2) is 30.6 Å². The molecule has 0 aromatic heterocycles.